The second kappa shape index (κ2) is 6.36. The van der Waals surface area contributed by atoms with Gasteiger partial charge in [-0.3, -0.25) is 10.1 Å². The molecule has 21 heavy (non-hydrogen) atoms. The van der Waals surface area contributed by atoms with E-state index < -0.39 is 4.92 Å². The van der Waals surface area contributed by atoms with E-state index in [1.165, 1.54) is 12.1 Å². The van der Waals surface area contributed by atoms with Gasteiger partial charge in [-0.05, 0) is 19.1 Å². The number of ether oxygens (including phenoxy) is 1. The number of aryl methyl sites for hydroxylation is 1. The Morgan fingerprint density at radius 3 is 2.76 bits per heavy atom. The normalized spacial score (nSPS) is 10.5. The summed E-state index contributed by atoms with van der Waals surface area (Å²) >= 11 is 9.21. The van der Waals surface area contributed by atoms with Crippen LogP contribution in [0.1, 0.15) is 18.3 Å². The lowest BCUT2D eigenvalue weighted by Gasteiger charge is -2.10. The van der Waals surface area contributed by atoms with Gasteiger partial charge in [0.2, 0.25) is 11.6 Å². The van der Waals surface area contributed by atoms with E-state index in [2.05, 4.69) is 25.9 Å². The van der Waals surface area contributed by atoms with Crippen LogP contribution < -0.4 is 4.74 Å². The van der Waals surface area contributed by atoms with Gasteiger partial charge in [-0.25, -0.2) is 4.98 Å². The number of nitrogens with zero attached hydrogens (tertiary/aromatic N) is 3. The molecule has 0 spiro atoms. The Hall–Kier alpha value is -1.73. The number of halogens is 2. The molecule has 0 unspecified atom stereocenters. The summed E-state index contributed by atoms with van der Waals surface area (Å²) in [5, 5.41) is 11.4. The van der Waals surface area contributed by atoms with Crippen molar-refractivity contribution in [3.05, 3.63) is 49.3 Å². The first-order valence-electron chi connectivity index (χ1n) is 6.07. The van der Waals surface area contributed by atoms with Gasteiger partial charge in [-0.1, -0.05) is 34.5 Å². The van der Waals surface area contributed by atoms with Crippen LogP contribution in [0.15, 0.2) is 22.7 Å². The van der Waals surface area contributed by atoms with E-state index in [1.807, 2.05) is 6.92 Å². The lowest BCUT2D eigenvalue weighted by Crippen LogP contribution is -2.01. The number of rotatable bonds is 4. The molecular formula is C13H11BrClN3O3. The highest BCUT2D eigenvalue weighted by Gasteiger charge is 2.19. The molecule has 0 aliphatic heterocycles. The van der Waals surface area contributed by atoms with Gasteiger partial charge in [-0.15, -0.1) is 0 Å². The van der Waals surface area contributed by atoms with Crippen LogP contribution in [0.25, 0.3) is 0 Å². The molecule has 0 aliphatic carbocycles. The Morgan fingerprint density at radius 1 is 1.43 bits per heavy atom. The predicted octanol–water partition coefficient (Wildman–Crippen LogP) is 4.46. The molecule has 110 valence electrons. The zero-order valence-corrected chi connectivity index (χ0v) is 13.6. The Labute approximate surface area is 134 Å². The van der Waals surface area contributed by atoms with E-state index in [4.69, 9.17) is 16.3 Å². The lowest BCUT2D eigenvalue weighted by molar-refractivity contribution is -0.385. The van der Waals surface area contributed by atoms with Crippen molar-refractivity contribution in [3.63, 3.8) is 0 Å². The molecule has 0 atom stereocenters. The highest BCUT2D eigenvalue weighted by Crippen LogP contribution is 2.35. The molecule has 1 aromatic carbocycles. The molecule has 0 bridgehead atoms. The molecule has 0 N–H and O–H groups in total. The predicted molar refractivity (Wildman–Crippen MR) is 82.0 cm³/mol. The van der Waals surface area contributed by atoms with Crippen molar-refractivity contribution in [2.75, 3.05) is 0 Å². The third-order valence-electron chi connectivity index (χ3n) is 2.73. The number of aromatic nitrogens is 2. The second-order valence-corrected chi connectivity index (χ2v) is 5.46. The topological polar surface area (TPSA) is 78.2 Å². The van der Waals surface area contributed by atoms with Gasteiger partial charge in [0.15, 0.2) is 0 Å². The van der Waals surface area contributed by atoms with Crippen LogP contribution >= 0.6 is 27.5 Å². The smallest absolute Gasteiger partial charge is 0.312 e. The first-order chi connectivity index (χ1) is 9.92. The monoisotopic (exact) mass is 371 g/mol. The number of nitro groups is 1. The zero-order chi connectivity index (χ0) is 15.6. The summed E-state index contributed by atoms with van der Waals surface area (Å²) < 4.78 is 6.17. The van der Waals surface area contributed by atoms with Crippen LogP contribution in [0, 0.1) is 17.0 Å². The van der Waals surface area contributed by atoms with Crippen LogP contribution in [0.5, 0.6) is 11.6 Å². The minimum Gasteiger partial charge on any atom is -0.431 e. The number of nitro benzene ring substituents is 1. The van der Waals surface area contributed by atoms with Crippen LogP contribution in [0.3, 0.4) is 0 Å². The van der Waals surface area contributed by atoms with Gasteiger partial charge in [0.25, 0.3) is 0 Å². The van der Waals surface area contributed by atoms with Gasteiger partial charge in [0, 0.05) is 22.5 Å². The van der Waals surface area contributed by atoms with Crippen molar-refractivity contribution in [3.8, 4) is 11.6 Å². The van der Waals surface area contributed by atoms with Crippen molar-refractivity contribution >= 4 is 33.2 Å². The third kappa shape index (κ3) is 3.48. The van der Waals surface area contributed by atoms with Gasteiger partial charge in [0.05, 0.1) is 4.92 Å². The van der Waals surface area contributed by atoms with E-state index in [0.717, 1.165) is 0 Å². The van der Waals surface area contributed by atoms with E-state index in [-0.39, 0.29) is 22.5 Å². The summed E-state index contributed by atoms with van der Waals surface area (Å²) in [6, 6.07) is 4.53. The summed E-state index contributed by atoms with van der Waals surface area (Å²) in [5.41, 5.74) is 0.377. The van der Waals surface area contributed by atoms with Crippen LogP contribution in [-0.2, 0) is 6.42 Å². The molecule has 0 saturated carbocycles. The van der Waals surface area contributed by atoms with Crippen molar-refractivity contribution < 1.29 is 9.66 Å². The minimum atomic E-state index is -0.515. The van der Waals surface area contributed by atoms with E-state index in [9.17, 15) is 10.1 Å². The molecule has 2 rings (SSSR count). The average Bonchev–Trinajstić information content (AvgIpc) is 2.45. The molecule has 6 nitrogen and oxygen atoms in total. The van der Waals surface area contributed by atoms with E-state index in [0.29, 0.717) is 22.3 Å². The Kier molecular flexibility index (Phi) is 4.74. The van der Waals surface area contributed by atoms with E-state index >= 15 is 0 Å². The maximum atomic E-state index is 11.1. The molecule has 2 aromatic rings. The minimum absolute atomic E-state index is 0.100. The molecular weight excluding hydrogens is 362 g/mol. The van der Waals surface area contributed by atoms with E-state index in [1.54, 1.807) is 13.0 Å². The molecule has 0 amide bonds. The van der Waals surface area contributed by atoms with Gasteiger partial charge >= 0.3 is 5.69 Å². The summed E-state index contributed by atoms with van der Waals surface area (Å²) in [6.07, 6.45) is 0.582. The fraction of sp³-hybridized carbons (Fsp3) is 0.231. The van der Waals surface area contributed by atoms with Crippen molar-refractivity contribution in [1.82, 2.24) is 9.97 Å². The molecule has 0 aliphatic rings. The maximum Gasteiger partial charge on any atom is 0.312 e. The average molecular weight is 373 g/mol. The largest absolute Gasteiger partial charge is 0.431 e. The molecule has 8 heteroatoms. The molecule has 0 radical (unpaired) electrons. The highest BCUT2D eigenvalue weighted by molar-refractivity contribution is 9.10. The third-order valence-corrected chi connectivity index (χ3v) is 3.59. The van der Waals surface area contributed by atoms with Crippen molar-refractivity contribution in [2.45, 2.75) is 20.3 Å². The molecule has 0 fully saturated rings. The zero-order valence-electron chi connectivity index (χ0n) is 11.3. The Balaban J connectivity index is 2.48. The summed E-state index contributed by atoms with van der Waals surface area (Å²) in [5.74, 6) is 0.834. The molecule has 1 aromatic heterocycles. The lowest BCUT2D eigenvalue weighted by atomic mass is 10.3. The fourth-order valence-corrected chi connectivity index (χ4v) is 2.12. The van der Waals surface area contributed by atoms with Crippen molar-refractivity contribution in [2.24, 2.45) is 0 Å². The fourth-order valence-electron chi connectivity index (χ4n) is 1.59. The van der Waals surface area contributed by atoms with Gasteiger partial charge in [-0.2, -0.15) is 4.98 Å². The van der Waals surface area contributed by atoms with Gasteiger partial charge < -0.3 is 4.74 Å². The number of hydrogen-bond donors (Lipinski definition) is 0. The second-order valence-electron chi connectivity index (χ2n) is 4.19. The first kappa shape index (κ1) is 15.7. The Bertz CT molecular complexity index is 709. The van der Waals surface area contributed by atoms with Crippen LogP contribution in [0.2, 0.25) is 5.15 Å². The molecule has 0 saturated heterocycles. The van der Waals surface area contributed by atoms with Gasteiger partial charge in [0.1, 0.15) is 11.0 Å². The summed E-state index contributed by atoms with van der Waals surface area (Å²) in [7, 11) is 0. The molecule has 1 heterocycles. The number of benzene rings is 1. The SMILES string of the molecule is CCc1nc(Cl)c(C)c(Oc2ccc(Br)cc2[N+](=O)[O-])n1. The summed E-state index contributed by atoms with van der Waals surface area (Å²) in [4.78, 5) is 18.9. The maximum absolute atomic E-state index is 11.1. The highest BCUT2D eigenvalue weighted by atomic mass is 79.9. The van der Waals surface area contributed by atoms with Crippen LogP contribution in [-0.4, -0.2) is 14.9 Å². The number of hydrogen-bond acceptors (Lipinski definition) is 5. The first-order valence-corrected chi connectivity index (χ1v) is 7.24. The standard InChI is InChI=1S/C13H11BrClN3O3/c1-3-11-16-12(15)7(2)13(17-11)21-10-5-4-8(14)6-9(10)18(19)20/h4-6H,3H2,1-2H3. The Morgan fingerprint density at radius 2 is 2.14 bits per heavy atom. The van der Waals surface area contributed by atoms with Crippen molar-refractivity contribution in [1.29, 1.82) is 0 Å². The summed E-state index contributed by atoms with van der Waals surface area (Å²) in [6.45, 7) is 3.58. The quantitative estimate of drug-likeness (QED) is 0.449. The van der Waals surface area contributed by atoms with Crippen LogP contribution in [0.4, 0.5) is 5.69 Å².